The van der Waals surface area contributed by atoms with Crippen molar-refractivity contribution in [1.29, 1.82) is 0 Å². The molecule has 0 saturated heterocycles. The van der Waals surface area contributed by atoms with Crippen LogP contribution < -0.4 is 5.43 Å². The van der Waals surface area contributed by atoms with Crippen LogP contribution in [-0.4, -0.2) is 17.2 Å². The molecule has 0 aliphatic carbocycles. The number of hydrogen-bond donors (Lipinski definition) is 2. The van der Waals surface area contributed by atoms with E-state index in [2.05, 4.69) is 58.3 Å². The summed E-state index contributed by atoms with van der Waals surface area (Å²) >= 11 is 9.68. The highest BCUT2D eigenvalue weighted by atomic mass is 79.9. The summed E-state index contributed by atoms with van der Waals surface area (Å²) in [6, 6.07) is 4.89. The molecule has 8 heteroatoms. The average molecular weight is 467 g/mol. The number of phenols is 1. The van der Waals surface area contributed by atoms with Gasteiger partial charge in [-0.05, 0) is 44.0 Å². The summed E-state index contributed by atoms with van der Waals surface area (Å²) in [6.45, 7) is 0. The number of halogens is 3. The Hall–Kier alpha value is -1.12. The first-order valence-corrected chi connectivity index (χ1v) is 7.60. The van der Waals surface area contributed by atoms with Gasteiger partial charge in [-0.15, -0.1) is 0 Å². The zero-order valence-electron chi connectivity index (χ0n) is 9.73. The third-order valence-corrected chi connectivity index (χ3v) is 3.70. The first-order chi connectivity index (χ1) is 9.47. The first-order valence-electron chi connectivity index (χ1n) is 5.23. The molecule has 1 aromatic heterocycles. The van der Waals surface area contributed by atoms with E-state index in [-0.39, 0.29) is 11.5 Å². The van der Waals surface area contributed by atoms with Gasteiger partial charge in [0.15, 0.2) is 5.76 Å². The molecule has 1 heterocycles. The van der Waals surface area contributed by atoms with Crippen LogP contribution in [0.1, 0.15) is 16.1 Å². The lowest BCUT2D eigenvalue weighted by atomic mass is 10.2. The predicted octanol–water partition coefficient (Wildman–Crippen LogP) is 4.04. The van der Waals surface area contributed by atoms with E-state index >= 15 is 0 Å². The summed E-state index contributed by atoms with van der Waals surface area (Å²) in [6.07, 6.45) is 2.73. The fraction of sp³-hybridized carbons (Fsp3) is 0. The van der Waals surface area contributed by atoms with Crippen LogP contribution in [0.2, 0.25) is 0 Å². The number of aromatic hydroxyl groups is 1. The van der Waals surface area contributed by atoms with Crippen molar-refractivity contribution < 1.29 is 14.3 Å². The Morgan fingerprint density at radius 1 is 1.25 bits per heavy atom. The van der Waals surface area contributed by atoms with Crippen molar-refractivity contribution in [2.45, 2.75) is 0 Å². The van der Waals surface area contributed by atoms with Crippen molar-refractivity contribution >= 4 is 59.9 Å². The van der Waals surface area contributed by atoms with Crippen LogP contribution in [0.4, 0.5) is 0 Å². The molecule has 0 bridgehead atoms. The molecule has 0 spiro atoms. The lowest BCUT2D eigenvalue weighted by Crippen LogP contribution is -2.16. The molecule has 1 amide bonds. The number of furan rings is 1. The van der Waals surface area contributed by atoms with Crippen molar-refractivity contribution in [3.63, 3.8) is 0 Å². The molecule has 2 aromatic rings. The summed E-state index contributed by atoms with van der Waals surface area (Å²) in [4.78, 5) is 11.6. The minimum Gasteiger partial charge on any atom is -0.506 e. The van der Waals surface area contributed by atoms with Gasteiger partial charge in [0.05, 0.1) is 15.2 Å². The zero-order valence-corrected chi connectivity index (χ0v) is 14.5. The van der Waals surface area contributed by atoms with Gasteiger partial charge in [0.1, 0.15) is 12.0 Å². The molecule has 0 aliphatic heterocycles. The predicted molar refractivity (Wildman–Crippen MR) is 85.0 cm³/mol. The average Bonchev–Trinajstić information content (AvgIpc) is 2.81. The fourth-order valence-corrected chi connectivity index (χ4v) is 2.89. The molecule has 2 N–H and O–H groups in total. The molecule has 0 fully saturated rings. The second-order valence-corrected chi connectivity index (χ2v) is 6.34. The van der Waals surface area contributed by atoms with E-state index in [9.17, 15) is 9.90 Å². The highest BCUT2D eigenvalue weighted by Gasteiger charge is 2.09. The largest absolute Gasteiger partial charge is 0.506 e. The molecule has 0 atom stereocenters. The van der Waals surface area contributed by atoms with Gasteiger partial charge in [0.25, 0.3) is 0 Å². The van der Waals surface area contributed by atoms with E-state index < -0.39 is 5.91 Å². The number of carbonyl (C=O) groups excluding carboxylic acids is 1. The minimum absolute atomic E-state index is 0.0342. The standard InChI is InChI=1S/C12H7Br3N2O3/c13-7-1-6(11(18)9(15)2-7)4-16-17-12(19)10-3-8(14)5-20-10/h1-5,18H,(H,17,19). The second kappa shape index (κ2) is 6.55. The molecular weight excluding hydrogens is 460 g/mol. The molecule has 0 unspecified atom stereocenters. The third-order valence-electron chi connectivity index (χ3n) is 2.22. The maximum Gasteiger partial charge on any atom is 0.307 e. The Morgan fingerprint density at radius 3 is 2.65 bits per heavy atom. The molecule has 2 rings (SSSR count). The smallest absolute Gasteiger partial charge is 0.307 e. The molecule has 1 aromatic carbocycles. The first kappa shape index (κ1) is 15.3. The maximum atomic E-state index is 11.6. The Labute approximate surface area is 139 Å². The Kier molecular flexibility index (Phi) is 5.00. The quantitative estimate of drug-likeness (QED) is 0.529. The lowest BCUT2D eigenvalue weighted by Gasteiger charge is -2.02. The second-order valence-electron chi connectivity index (χ2n) is 3.65. The molecule has 0 aliphatic rings. The summed E-state index contributed by atoms with van der Waals surface area (Å²) in [5.41, 5.74) is 2.75. The molecule has 0 radical (unpaired) electrons. The number of nitrogens with one attached hydrogen (secondary N) is 1. The zero-order chi connectivity index (χ0) is 14.7. The van der Waals surface area contributed by atoms with Gasteiger partial charge in [0, 0.05) is 16.1 Å². The third kappa shape index (κ3) is 3.71. The van der Waals surface area contributed by atoms with Gasteiger partial charge in [0.2, 0.25) is 0 Å². The number of amides is 1. The highest BCUT2D eigenvalue weighted by Crippen LogP contribution is 2.30. The number of benzene rings is 1. The lowest BCUT2D eigenvalue weighted by molar-refractivity contribution is 0.0927. The molecule has 0 saturated carbocycles. The van der Waals surface area contributed by atoms with Crippen molar-refractivity contribution in [1.82, 2.24) is 5.43 Å². The van der Waals surface area contributed by atoms with Crippen LogP contribution in [0.5, 0.6) is 5.75 Å². The van der Waals surface area contributed by atoms with E-state index in [1.165, 1.54) is 18.5 Å². The SMILES string of the molecule is O=C(NN=Cc1cc(Br)cc(Br)c1O)c1cc(Br)co1. The molecule has 104 valence electrons. The summed E-state index contributed by atoms with van der Waals surface area (Å²) in [5.74, 6) is -0.318. The summed E-state index contributed by atoms with van der Waals surface area (Å²) < 4.78 is 6.95. The van der Waals surface area contributed by atoms with Crippen LogP contribution in [0.25, 0.3) is 0 Å². The maximum absolute atomic E-state index is 11.6. The Bertz CT molecular complexity index is 683. The van der Waals surface area contributed by atoms with Gasteiger partial charge in [-0.1, -0.05) is 15.9 Å². The van der Waals surface area contributed by atoms with Crippen molar-refractivity contribution in [2.75, 3.05) is 0 Å². The van der Waals surface area contributed by atoms with E-state index in [0.717, 1.165) is 4.47 Å². The van der Waals surface area contributed by atoms with Crippen molar-refractivity contribution in [2.24, 2.45) is 5.10 Å². The van der Waals surface area contributed by atoms with Gasteiger partial charge in [-0.25, -0.2) is 5.43 Å². The van der Waals surface area contributed by atoms with Crippen LogP contribution in [0.15, 0.2) is 47.4 Å². The molecular formula is C12H7Br3N2O3. The normalized spacial score (nSPS) is 10.9. The van der Waals surface area contributed by atoms with Crippen LogP contribution >= 0.6 is 47.8 Å². The number of carbonyl (C=O) groups is 1. The molecule has 5 nitrogen and oxygen atoms in total. The van der Waals surface area contributed by atoms with Gasteiger partial charge >= 0.3 is 5.91 Å². The Morgan fingerprint density at radius 2 is 2.00 bits per heavy atom. The summed E-state index contributed by atoms with van der Waals surface area (Å²) in [7, 11) is 0. The van der Waals surface area contributed by atoms with Gasteiger partial charge < -0.3 is 9.52 Å². The van der Waals surface area contributed by atoms with Gasteiger partial charge in [-0.2, -0.15) is 5.10 Å². The van der Waals surface area contributed by atoms with Crippen LogP contribution in [0, 0.1) is 0 Å². The van der Waals surface area contributed by atoms with Crippen LogP contribution in [-0.2, 0) is 0 Å². The fourth-order valence-electron chi connectivity index (χ4n) is 1.33. The Balaban J connectivity index is 2.09. The number of rotatable bonds is 3. The van der Waals surface area contributed by atoms with Crippen molar-refractivity contribution in [3.8, 4) is 5.75 Å². The van der Waals surface area contributed by atoms with E-state index in [1.807, 2.05) is 0 Å². The topological polar surface area (TPSA) is 74.8 Å². The van der Waals surface area contributed by atoms with E-state index in [0.29, 0.717) is 14.5 Å². The van der Waals surface area contributed by atoms with E-state index in [1.54, 1.807) is 12.1 Å². The minimum atomic E-state index is -0.486. The molecule has 20 heavy (non-hydrogen) atoms. The van der Waals surface area contributed by atoms with Crippen LogP contribution in [0.3, 0.4) is 0 Å². The van der Waals surface area contributed by atoms with Gasteiger partial charge in [-0.3, -0.25) is 4.79 Å². The highest BCUT2D eigenvalue weighted by molar-refractivity contribution is 9.11. The summed E-state index contributed by atoms with van der Waals surface area (Å²) in [5, 5.41) is 13.6. The monoisotopic (exact) mass is 464 g/mol. The number of hydrazone groups is 1. The van der Waals surface area contributed by atoms with E-state index in [4.69, 9.17) is 4.42 Å². The van der Waals surface area contributed by atoms with Crippen molar-refractivity contribution in [3.05, 3.63) is 49.2 Å². The number of phenolic OH excluding ortho intramolecular Hbond substituents is 1. The number of hydrogen-bond acceptors (Lipinski definition) is 4. The number of nitrogens with zero attached hydrogens (tertiary/aromatic N) is 1.